The largest absolute Gasteiger partial charge is 0.383 e. The van der Waals surface area contributed by atoms with Crippen LogP contribution in [0.25, 0.3) is 0 Å². The Bertz CT molecular complexity index is 380. The van der Waals surface area contributed by atoms with Gasteiger partial charge < -0.3 is 15.0 Å². The van der Waals surface area contributed by atoms with E-state index < -0.39 is 0 Å². The molecule has 0 unspecified atom stereocenters. The number of hydrogen-bond acceptors (Lipinski definition) is 4. The van der Waals surface area contributed by atoms with Crippen molar-refractivity contribution >= 4 is 5.82 Å². The van der Waals surface area contributed by atoms with Gasteiger partial charge in [0, 0.05) is 39.0 Å². The Balaban J connectivity index is 2.74. The SMILES string of the molecule is CCN(CCOC)c1ncc(CNC(C)C)cc1C. The molecular formula is C15H27N3O. The number of likely N-dealkylation sites (N-methyl/N-ethyl adjacent to an activating group) is 1. The Hall–Kier alpha value is -1.13. The van der Waals surface area contributed by atoms with Gasteiger partial charge in [-0.2, -0.15) is 0 Å². The minimum absolute atomic E-state index is 0.494. The quantitative estimate of drug-likeness (QED) is 0.783. The van der Waals surface area contributed by atoms with Crippen molar-refractivity contribution in [2.45, 2.75) is 40.3 Å². The van der Waals surface area contributed by atoms with Crippen LogP contribution < -0.4 is 10.2 Å². The number of aryl methyl sites for hydroxylation is 1. The van der Waals surface area contributed by atoms with Crippen molar-refractivity contribution in [2.75, 3.05) is 31.7 Å². The number of hydrogen-bond donors (Lipinski definition) is 1. The van der Waals surface area contributed by atoms with Crippen molar-refractivity contribution in [3.63, 3.8) is 0 Å². The molecule has 0 bridgehead atoms. The predicted octanol–water partition coefficient (Wildman–Crippen LogP) is 2.36. The maximum atomic E-state index is 5.14. The third-order valence-electron chi connectivity index (χ3n) is 3.07. The molecule has 1 N–H and O–H groups in total. The molecule has 0 amide bonds. The third-order valence-corrected chi connectivity index (χ3v) is 3.07. The van der Waals surface area contributed by atoms with Crippen LogP contribution in [0.3, 0.4) is 0 Å². The summed E-state index contributed by atoms with van der Waals surface area (Å²) in [4.78, 5) is 6.86. The van der Waals surface area contributed by atoms with Crippen LogP contribution in [0.1, 0.15) is 31.9 Å². The van der Waals surface area contributed by atoms with Crippen LogP contribution >= 0.6 is 0 Å². The lowest BCUT2D eigenvalue weighted by atomic mass is 10.2. The van der Waals surface area contributed by atoms with Gasteiger partial charge in [0.2, 0.25) is 0 Å². The van der Waals surface area contributed by atoms with E-state index in [-0.39, 0.29) is 0 Å². The first-order valence-corrected chi connectivity index (χ1v) is 7.01. The molecule has 1 heterocycles. The molecule has 1 rings (SSSR count). The van der Waals surface area contributed by atoms with Crippen LogP contribution in [-0.4, -0.2) is 37.8 Å². The molecule has 0 fully saturated rings. The van der Waals surface area contributed by atoms with Crippen molar-refractivity contribution in [1.82, 2.24) is 10.3 Å². The van der Waals surface area contributed by atoms with Crippen LogP contribution in [0, 0.1) is 6.92 Å². The molecule has 0 aromatic carbocycles. The molecule has 19 heavy (non-hydrogen) atoms. The van der Waals surface area contributed by atoms with Gasteiger partial charge in [0.05, 0.1) is 6.61 Å². The summed E-state index contributed by atoms with van der Waals surface area (Å²) in [5.41, 5.74) is 2.46. The maximum Gasteiger partial charge on any atom is 0.131 e. The molecule has 0 aliphatic carbocycles. The van der Waals surface area contributed by atoms with E-state index in [4.69, 9.17) is 4.74 Å². The molecule has 0 saturated heterocycles. The molecule has 0 radical (unpaired) electrons. The molecule has 0 atom stereocenters. The molecule has 1 aromatic heterocycles. The second-order valence-electron chi connectivity index (χ2n) is 5.09. The fraction of sp³-hybridized carbons (Fsp3) is 0.667. The number of ether oxygens (including phenoxy) is 1. The van der Waals surface area contributed by atoms with Gasteiger partial charge in [0.15, 0.2) is 0 Å². The molecule has 0 saturated carbocycles. The van der Waals surface area contributed by atoms with Gasteiger partial charge in [0.25, 0.3) is 0 Å². The molecular weight excluding hydrogens is 238 g/mol. The summed E-state index contributed by atoms with van der Waals surface area (Å²) in [5, 5.41) is 3.41. The smallest absolute Gasteiger partial charge is 0.131 e. The summed E-state index contributed by atoms with van der Waals surface area (Å²) in [7, 11) is 1.73. The van der Waals surface area contributed by atoms with Gasteiger partial charge in [-0.3, -0.25) is 0 Å². The van der Waals surface area contributed by atoms with Crippen LogP contribution in [0.15, 0.2) is 12.3 Å². The summed E-state index contributed by atoms with van der Waals surface area (Å²) < 4.78 is 5.14. The maximum absolute atomic E-state index is 5.14. The highest BCUT2D eigenvalue weighted by Crippen LogP contribution is 2.17. The zero-order valence-corrected chi connectivity index (χ0v) is 12.9. The Morgan fingerprint density at radius 2 is 2.16 bits per heavy atom. The summed E-state index contributed by atoms with van der Waals surface area (Å²) in [5.74, 6) is 1.06. The van der Waals surface area contributed by atoms with Crippen molar-refractivity contribution in [3.8, 4) is 0 Å². The standard InChI is InChI=1S/C15H27N3O/c1-6-18(7-8-19-5)15-13(4)9-14(11-17-15)10-16-12(2)3/h9,11-12,16H,6-8,10H2,1-5H3. The van der Waals surface area contributed by atoms with Gasteiger partial charge in [-0.15, -0.1) is 0 Å². The van der Waals surface area contributed by atoms with E-state index in [0.29, 0.717) is 6.04 Å². The third kappa shape index (κ3) is 5.17. The Kier molecular flexibility index (Phi) is 6.81. The summed E-state index contributed by atoms with van der Waals surface area (Å²) >= 11 is 0. The number of nitrogens with zero attached hydrogens (tertiary/aromatic N) is 2. The van der Waals surface area contributed by atoms with Gasteiger partial charge in [-0.25, -0.2) is 4.98 Å². The van der Waals surface area contributed by atoms with E-state index in [1.165, 1.54) is 11.1 Å². The highest BCUT2D eigenvalue weighted by atomic mass is 16.5. The number of pyridine rings is 1. The summed E-state index contributed by atoms with van der Waals surface area (Å²) in [6.07, 6.45) is 1.97. The normalized spacial score (nSPS) is 11.1. The monoisotopic (exact) mass is 265 g/mol. The van der Waals surface area contributed by atoms with Crippen molar-refractivity contribution in [3.05, 3.63) is 23.4 Å². The first-order chi connectivity index (χ1) is 9.08. The lowest BCUT2D eigenvalue weighted by Crippen LogP contribution is -2.28. The lowest BCUT2D eigenvalue weighted by Gasteiger charge is -2.23. The number of methoxy groups -OCH3 is 1. The topological polar surface area (TPSA) is 37.4 Å². The highest BCUT2D eigenvalue weighted by Gasteiger charge is 2.09. The number of aromatic nitrogens is 1. The van der Waals surface area contributed by atoms with E-state index in [1.807, 2.05) is 6.20 Å². The molecule has 1 aromatic rings. The van der Waals surface area contributed by atoms with E-state index in [0.717, 1.165) is 32.1 Å². The van der Waals surface area contributed by atoms with Crippen LogP contribution in [-0.2, 0) is 11.3 Å². The Labute approximate surface area is 117 Å². The number of rotatable bonds is 8. The first kappa shape index (κ1) is 15.9. The minimum atomic E-state index is 0.494. The molecule has 108 valence electrons. The number of nitrogens with one attached hydrogen (secondary N) is 1. The van der Waals surface area contributed by atoms with E-state index in [2.05, 4.69) is 49.0 Å². The fourth-order valence-electron chi connectivity index (χ4n) is 1.99. The average molecular weight is 265 g/mol. The highest BCUT2D eigenvalue weighted by molar-refractivity contribution is 5.47. The average Bonchev–Trinajstić information content (AvgIpc) is 2.39. The molecule has 4 nitrogen and oxygen atoms in total. The van der Waals surface area contributed by atoms with Crippen molar-refractivity contribution in [1.29, 1.82) is 0 Å². The van der Waals surface area contributed by atoms with Crippen molar-refractivity contribution in [2.24, 2.45) is 0 Å². The zero-order chi connectivity index (χ0) is 14.3. The first-order valence-electron chi connectivity index (χ1n) is 7.01. The van der Waals surface area contributed by atoms with Crippen LogP contribution in [0.2, 0.25) is 0 Å². The van der Waals surface area contributed by atoms with E-state index >= 15 is 0 Å². The lowest BCUT2D eigenvalue weighted by molar-refractivity contribution is 0.205. The van der Waals surface area contributed by atoms with E-state index in [1.54, 1.807) is 7.11 Å². The molecule has 4 heteroatoms. The summed E-state index contributed by atoms with van der Waals surface area (Å²) in [6.45, 7) is 12.0. The number of anilines is 1. The van der Waals surface area contributed by atoms with Gasteiger partial charge >= 0.3 is 0 Å². The Morgan fingerprint density at radius 3 is 2.68 bits per heavy atom. The van der Waals surface area contributed by atoms with Crippen LogP contribution in [0.4, 0.5) is 5.82 Å². The summed E-state index contributed by atoms with van der Waals surface area (Å²) in [6, 6.07) is 2.71. The van der Waals surface area contributed by atoms with E-state index in [9.17, 15) is 0 Å². The van der Waals surface area contributed by atoms with Crippen LogP contribution in [0.5, 0.6) is 0 Å². The Morgan fingerprint density at radius 1 is 1.42 bits per heavy atom. The van der Waals surface area contributed by atoms with Gasteiger partial charge in [0.1, 0.15) is 5.82 Å². The van der Waals surface area contributed by atoms with Gasteiger partial charge in [-0.1, -0.05) is 13.8 Å². The predicted molar refractivity (Wildman–Crippen MR) is 80.7 cm³/mol. The molecule has 0 spiro atoms. The molecule has 0 aliphatic heterocycles. The van der Waals surface area contributed by atoms with Gasteiger partial charge in [-0.05, 0) is 31.0 Å². The molecule has 0 aliphatic rings. The zero-order valence-electron chi connectivity index (χ0n) is 12.9. The van der Waals surface area contributed by atoms with Crippen molar-refractivity contribution < 1.29 is 4.74 Å². The second-order valence-corrected chi connectivity index (χ2v) is 5.09. The minimum Gasteiger partial charge on any atom is -0.383 e. The fourth-order valence-corrected chi connectivity index (χ4v) is 1.99. The second kappa shape index (κ2) is 8.12.